The van der Waals surface area contributed by atoms with E-state index in [-0.39, 0.29) is 35.7 Å². The average molecular weight is 187 g/mol. The van der Waals surface area contributed by atoms with Crippen molar-refractivity contribution in [2.75, 3.05) is 0 Å². The Balaban J connectivity index is 0.000000845. The van der Waals surface area contributed by atoms with E-state index in [1.165, 1.54) is 0 Å². The average Bonchev–Trinajstić information content (AvgIpc) is 2.84. The molecule has 0 spiro atoms. The molecule has 0 aliphatic carbocycles. The maximum Gasteiger partial charge on any atom is 1.00 e. The minimum absolute atomic E-state index is 0. The van der Waals surface area contributed by atoms with Crippen molar-refractivity contribution in [2.24, 2.45) is 0 Å². The summed E-state index contributed by atoms with van der Waals surface area (Å²) in [5.74, 6) is -0.885. The third-order valence-electron chi connectivity index (χ3n) is 1.86. The number of epoxide rings is 1. The van der Waals surface area contributed by atoms with Crippen molar-refractivity contribution in [1.82, 2.24) is 0 Å². The summed E-state index contributed by atoms with van der Waals surface area (Å²) in [4.78, 5) is 10.4. The van der Waals surface area contributed by atoms with Gasteiger partial charge in [-0.15, -0.1) is 0 Å². The smallest absolute Gasteiger partial charge is 0.479 e. The third kappa shape index (κ3) is 2.31. The van der Waals surface area contributed by atoms with Gasteiger partial charge in [0, 0.05) is 0 Å². The van der Waals surface area contributed by atoms with Gasteiger partial charge in [-0.2, -0.15) is 0 Å². The number of rotatable bonds is 2. The Morgan fingerprint density at radius 2 is 1.92 bits per heavy atom. The minimum atomic E-state index is -0.885. The molecule has 1 aromatic carbocycles. The molecule has 0 saturated carbocycles. The van der Waals surface area contributed by atoms with Gasteiger partial charge >= 0.3 is 35.5 Å². The molecule has 1 saturated heterocycles. The maximum absolute atomic E-state index is 10.4. The van der Waals surface area contributed by atoms with Crippen LogP contribution in [0.25, 0.3) is 0 Å². The summed E-state index contributed by atoms with van der Waals surface area (Å²) >= 11 is 0. The van der Waals surface area contributed by atoms with Crippen LogP contribution in [0.15, 0.2) is 30.3 Å². The van der Waals surface area contributed by atoms with Crippen molar-refractivity contribution in [2.45, 2.75) is 12.2 Å². The summed E-state index contributed by atoms with van der Waals surface area (Å²) in [6.07, 6.45) is -0.865. The number of carboxylic acids is 1. The molecule has 0 radical (unpaired) electrons. The first-order valence-electron chi connectivity index (χ1n) is 3.72. The molecule has 2 atom stereocenters. The fourth-order valence-corrected chi connectivity index (χ4v) is 1.20. The number of carbonyl (C=O) groups is 1. The normalized spacial score (nSPS) is 24.6. The van der Waals surface area contributed by atoms with E-state index in [1.807, 2.05) is 30.3 Å². The van der Waals surface area contributed by atoms with Crippen molar-refractivity contribution < 1.29 is 44.2 Å². The minimum Gasteiger partial charge on any atom is -0.479 e. The molecule has 1 aromatic rings. The van der Waals surface area contributed by atoms with E-state index < -0.39 is 12.1 Å². The molecule has 4 heteroatoms. The quantitative estimate of drug-likeness (QED) is 0.439. The summed E-state index contributed by atoms with van der Waals surface area (Å²) in [6.45, 7) is 0. The van der Waals surface area contributed by atoms with E-state index in [4.69, 9.17) is 9.84 Å². The summed E-state index contributed by atoms with van der Waals surface area (Å²) in [6, 6.07) is 9.37. The van der Waals surface area contributed by atoms with Gasteiger partial charge in [0.2, 0.25) is 0 Å². The molecule has 1 fully saturated rings. The molecule has 1 aliphatic heterocycles. The molecule has 1 heterocycles. The molecule has 13 heavy (non-hydrogen) atoms. The van der Waals surface area contributed by atoms with Gasteiger partial charge in [0.05, 0.1) is 0 Å². The molecule has 0 amide bonds. The second kappa shape index (κ2) is 4.24. The zero-order valence-electron chi connectivity index (χ0n) is 7.31. The fourth-order valence-electron chi connectivity index (χ4n) is 1.20. The Bertz CT molecular complexity index is 299. The first-order valence-corrected chi connectivity index (χ1v) is 3.72. The van der Waals surface area contributed by atoms with Gasteiger partial charge < -0.3 is 9.84 Å². The van der Waals surface area contributed by atoms with Gasteiger partial charge in [0.25, 0.3) is 0 Å². The third-order valence-corrected chi connectivity index (χ3v) is 1.86. The summed E-state index contributed by atoms with van der Waals surface area (Å²) < 4.78 is 4.96. The van der Waals surface area contributed by atoms with Crippen molar-refractivity contribution in [3.63, 3.8) is 0 Å². The summed E-state index contributed by atoms with van der Waals surface area (Å²) in [7, 11) is 0. The van der Waals surface area contributed by atoms with E-state index in [1.54, 1.807) is 0 Å². The van der Waals surface area contributed by atoms with Crippen molar-refractivity contribution in [1.29, 1.82) is 0 Å². The zero-order valence-corrected chi connectivity index (χ0v) is 9.31. The van der Waals surface area contributed by atoms with Crippen molar-refractivity contribution in [3.05, 3.63) is 35.9 Å². The molecular formula is C9H8NaO3+. The van der Waals surface area contributed by atoms with Crippen LogP contribution in [0.2, 0.25) is 0 Å². The summed E-state index contributed by atoms with van der Waals surface area (Å²) in [5.41, 5.74) is 0.935. The first-order chi connectivity index (χ1) is 5.79. The molecule has 2 rings (SSSR count). The predicted molar refractivity (Wildman–Crippen MR) is 41.7 cm³/mol. The van der Waals surface area contributed by atoms with E-state index in [0.29, 0.717) is 0 Å². The van der Waals surface area contributed by atoms with E-state index in [9.17, 15) is 4.79 Å². The predicted octanol–water partition coefficient (Wildman–Crippen LogP) is -1.78. The van der Waals surface area contributed by atoms with E-state index >= 15 is 0 Å². The Morgan fingerprint density at radius 3 is 2.38 bits per heavy atom. The Kier molecular flexibility index (Phi) is 3.50. The molecule has 0 aromatic heterocycles. The van der Waals surface area contributed by atoms with Gasteiger partial charge in [-0.25, -0.2) is 4.79 Å². The summed E-state index contributed by atoms with van der Waals surface area (Å²) in [5, 5.41) is 8.56. The number of carboxylic acid groups (broad SMARTS) is 1. The SMILES string of the molecule is O=C(O)[C@H]1O[C@H]1c1ccccc1.[Na+]. The van der Waals surface area contributed by atoms with E-state index in [0.717, 1.165) is 5.56 Å². The van der Waals surface area contributed by atoms with Crippen LogP contribution in [0.3, 0.4) is 0 Å². The first kappa shape index (κ1) is 10.7. The number of aliphatic carboxylic acids is 1. The van der Waals surface area contributed by atoms with Crippen LogP contribution >= 0.6 is 0 Å². The topological polar surface area (TPSA) is 49.8 Å². The number of hydrogen-bond donors (Lipinski definition) is 1. The van der Waals surface area contributed by atoms with Gasteiger partial charge in [0.1, 0.15) is 6.10 Å². The largest absolute Gasteiger partial charge is 1.00 e. The van der Waals surface area contributed by atoms with Crippen LogP contribution < -0.4 is 29.6 Å². The van der Waals surface area contributed by atoms with Gasteiger partial charge in [-0.05, 0) is 5.56 Å². The molecule has 1 N–H and O–H groups in total. The number of hydrogen-bond acceptors (Lipinski definition) is 2. The Hall–Kier alpha value is -0.350. The van der Waals surface area contributed by atoms with Crippen LogP contribution in [-0.4, -0.2) is 17.2 Å². The zero-order chi connectivity index (χ0) is 8.55. The number of benzene rings is 1. The van der Waals surface area contributed by atoms with Crippen LogP contribution in [0.4, 0.5) is 0 Å². The molecule has 0 bridgehead atoms. The van der Waals surface area contributed by atoms with Gasteiger partial charge in [-0.1, -0.05) is 30.3 Å². The van der Waals surface area contributed by atoms with Crippen molar-refractivity contribution in [3.8, 4) is 0 Å². The monoisotopic (exact) mass is 187 g/mol. The molecule has 62 valence electrons. The number of ether oxygens (including phenoxy) is 1. The standard InChI is InChI=1S/C9H8O3.Na/c10-9(11)8-7(12-8)6-4-2-1-3-5-6;/h1-5,7-8H,(H,10,11);/q;+1/t7-,8-;/m0./s1. The van der Waals surface area contributed by atoms with Crippen LogP contribution in [0, 0.1) is 0 Å². The van der Waals surface area contributed by atoms with Gasteiger partial charge in [0.15, 0.2) is 6.10 Å². The van der Waals surface area contributed by atoms with Gasteiger partial charge in [-0.3, -0.25) is 0 Å². The molecule has 1 aliphatic rings. The van der Waals surface area contributed by atoms with Crippen LogP contribution in [-0.2, 0) is 9.53 Å². The molecule has 0 unspecified atom stereocenters. The molecular weight excluding hydrogens is 179 g/mol. The van der Waals surface area contributed by atoms with Crippen LogP contribution in [0.1, 0.15) is 11.7 Å². The van der Waals surface area contributed by atoms with E-state index in [2.05, 4.69) is 0 Å². The molecule has 3 nitrogen and oxygen atoms in total. The fraction of sp³-hybridized carbons (Fsp3) is 0.222. The van der Waals surface area contributed by atoms with Crippen molar-refractivity contribution >= 4 is 5.97 Å². The van der Waals surface area contributed by atoms with Crippen LogP contribution in [0.5, 0.6) is 0 Å². The maximum atomic E-state index is 10.4. The Labute approximate surface area is 98.0 Å². The second-order valence-electron chi connectivity index (χ2n) is 2.73. The second-order valence-corrected chi connectivity index (χ2v) is 2.73. The Morgan fingerprint density at radius 1 is 1.31 bits per heavy atom.